The van der Waals surface area contributed by atoms with Crippen LogP contribution in [0.4, 0.5) is 0 Å². The van der Waals surface area contributed by atoms with Gasteiger partial charge in [-0.2, -0.15) is 0 Å². The fourth-order valence-corrected chi connectivity index (χ4v) is 3.29. The van der Waals surface area contributed by atoms with Gasteiger partial charge in [-0.3, -0.25) is 9.59 Å². The molecule has 7 heteroatoms. The second kappa shape index (κ2) is 9.15. The third-order valence-electron chi connectivity index (χ3n) is 3.86. The molecule has 1 unspecified atom stereocenters. The molecule has 0 saturated heterocycles. The smallest absolute Gasteiger partial charge is 0.337 e. The minimum absolute atomic E-state index is 0.0748. The van der Waals surface area contributed by atoms with Crippen molar-refractivity contribution in [2.45, 2.75) is 25.9 Å². The molecule has 138 valence electrons. The summed E-state index contributed by atoms with van der Waals surface area (Å²) in [5.74, 6) is -0.637. The van der Waals surface area contributed by atoms with Crippen molar-refractivity contribution in [3.63, 3.8) is 0 Å². The molecular formula is C19H22N2O4S. The Labute approximate surface area is 156 Å². The van der Waals surface area contributed by atoms with E-state index in [0.29, 0.717) is 12.1 Å². The Balaban J connectivity index is 1.99. The number of methoxy groups -OCH3 is 1. The maximum absolute atomic E-state index is 12.6. The molecular weight excluding hydrogens is 352 g/mol. The molecule has 0 aliphatic rings. The van der Waals surface area contributed by atoms with Crippen LogP contribution in [0.5, 0.6) is 0 Å². The molecule has 1 atom stereocenters. The fraction of sp³-hybridized carbons (Fsp3) is 0.316. The zero-order valence-corrected chi connectivity index (χ0v) is 15.8. The number of nitrogens with zero attached hydrogens (tertiary/aromatic N) is 1. The number of amides is 2. The Kier molecular flexibility index (Phi) is 6.91. The lowest BCUT2D eigenvalue weighted by Gasteiger charge is -2.22. The Morgan fingerprint density at radius 3 is 2.42 bits per heavy atom. The van der Waals surface area contributed by atoms with Crippen molar-refractivity contribution in [1.29, 1.82) is 0 Å². The van der Waals surface area contributed by atoms with Gasteiger partial charge >= 0.3 is 5.97 Å². The molecule has 2 amide bonds. The van der Waals surface area contributed by atoms with Crippen LogP contribution in [-0.2, 0) is 20.9 Å². The summed E-state index contributed by atoms with van der Waals surface area (Å²) < 4.78 is 4.67. The number of thiophene rings is 1. The Hall–Kier alpha value is -2.67. The number of hydrogen-bond donors (Lipinski definition) is 1. The van der Waals surface area contributed by atoms with Crippen molar-refractivity contribution in [2.24, 2.45) is 0 Å². The number of benzene rings is 1. The standard InChI is InChI=1S/C19H22N2O4S/c1-13(22)20-16(17-5-4-10-26-17)11-18(23)21(2)12-14-6-8-15(9-7-14)19(24)25-3/h4-10,16H,11-12H2,1-3H3,(H,20,22). The number of esters is 1. The Morgan fingerprint density at radius 1 is 1.19 bits per heavy atom. The Bertz CT molecular complexity index is 756. The maximum atomic E-state index is 12.6. The van der Waals surface area contributed by atoms with E-state index < -0.39 is 5.97 Å². The molecule has 2 rings (SSSR count). The molecule has 6 nitrogen and oxygen atoms in total. The van der Waals surface area contributed by atoms with Gasteiger partial charge < -0.3 is 15.0 Å². The number of rotatable bonds is 7. The maximum Gasteiger partial charge on any atom is 0.337 e. The summed E-state index contributed by atoms with van der Waals surface area (Å²) in [7, 11) is 3.05. The molecule has 26 heavy (non-hydrogen) atoms. The van der Waals surface area contributed by atoms with Crippen LogP contribution in [0.3, 0.4) is 0 Å². The monoisotopic (exact) mass is 374 g/mol. The first-order valence-corrected chi connectivity index (χ1v) is 9.00. The highest BCUT2D eigenvalue weighted by Crippen LogP contribution is 2.23. The summed E-state index contributed by atoms with van der Waals surface area (Å²) in [6.45, 7) is 1.86. The third kappa shape index (κ3) is 5.42. The number of carbonyl (C=O) groups excluding carboxylic acids is 3. The highest BCUT2D eigenvalue weighted by atomic mass is 32.1. The number of hydrogen-bond acceptors (Lipinski definition) is 5. The molecule has 1 aromatic heterocycles. The fourth-order valence-electron chi connectivity index (χ4n) is 2.51. The van der Waals surface area contributed by atoms with E-state index in [9.17, 15) is 14.4 Å². The largest absolute Gasteiger partial charge is 0.465 e. The second-order valence-corrected chi connectivity index (χ2v) is 6.89. The van der Waals surface area contributed by atoms with Crippen molar-refractivity contribution >= 4 is 29.1 Å². The average Bonchev–Trinajstić information content (AvgIpc) is 3.15. The lowest BCUT2D eigenvalue weighted by Crippen LogP contribution is -2.33. The molecule has 0 aliphatic heterocycles. The zero-order chi connectivity index (χ0) is 19.1. The van der Waals surface area contributed by atoms with E-state index in [1.54, 1.807) is 36.2 Å². The van der Waals surface area contributed by atoms with E-state index in [1.807, 2.05) is 17.5 Å². The SMILES string of the molecule is COC(=O)c1ccc(CN(C)C(=O)CC(NC(C)=O)c2cccs2)cc1. The van der Waals surface area contributed by atoms with Gasteiger partial charge in [-0.1, -0.05) is 18.2 Å². The molecule has 0 saturated carbocycles. The summed E-state index contributed by atoms with van der Waals surface area (Å²) in [5, 5.41) is 4.75. The predicted molar refractivity (Wildman–Crippen MR) is 99.7 cm³/mol. The van der Waals surface area contributed by atoms with Gasteiger partial charge in [0.05, 0.1) is 25.1 Å². The molecule has 0 radical (unpaired) electrons. The molecule has 0 fully saturated rings. The van der Waals surface area contributed by atoms with Crippen LogP contribution in [0, 0.1) is 0 Å². The molecule has 1 N–H and O–H groups in total. The predicted octanol–water partition coefficient (Wildman–Crippen LogP) is 2.76. The van der Waals surface area contributed by atoms with Crippen molar-refractivity contribution in [3.8, 4) is 0 Å². The lowest BCUT2D eigenvalue weighted by atomic mass is 10.1. The normalized spacial score (nSPS) is 11.5. The van der Waals surface area contributed by atoms with Crippen LogP contribution in [0.25, 0.3) is 0 Å². The van der Waals surface area contributed by atoms with Crippen molar-refractivity contribution in [3.05, 3.63) is 57.8 Å². The third-order valence-corrected chi connectivity index (χ3v) is 4.85. The van der Waals surface area contributed by atoms with Crippen molar-refractivity contribution < 1.29 is 19.1 Å². The highest BCUT2D eigenvalue weighted by Gasteiger charge is 2.20. The van der Waals surface area contributed by atoms with Crippen molar-refractivity contribution in [1.82, 2.24) is 10.2 Å². The van der Waals surface area contributed by atoms with E-state index in [2.05, 4.69) is 10.1 Å². The van der Waals surface area contributed by atoms with E-state index in [4.69, 9.17) is 0 Å². The minimum Gasteiger partial charge on any atom is -0.465 e. The van der Waals surface area contributed by atoms with E-state index in [-0.39, 0.29) is 24.3 Å². The van der Waals surface area contributed by atoms with Crippen LogP contribution < -0.4 is 5.32 Å². The van der Waals surface area contributed by atoms with Gasteiger partial charge in [0, 0.05) is 25.4 Å². The number of nitrogens with one attached hydrogen (secondary N) is 1. The molecule has 0 aliphatic carbocycles. The summed E-state index contributed by atoms with van der Waals surface area (Å²) in [4.78, 5) is 38.0. The first kappa shape index (κ1) is 19.7. The quantitative estimate of drug-likeness (QED) is 0.756. The summed E-state index contributed by atoms with van der Waals surface area (Å²) in [6, 6.07) is 10.4. The first-order valence-electron chi connectivity index (χ1n) is 8.12. The molecule has 2 aromatic rings. The van der Waals surface area contributed by atoms with Gasteiger partial charge in [0.15, 0.2) is 0 Å². The van der Waals surface area contributed by atoms with E-state index in [1.165, 1.54) is 25.4 Å². The average molecular weight is 374 g/mol. The van der Waals surface area contributed by atoms with Crippen LogP contribution in [0.2, 0.25) is 0 Å². The first-order chi connectivity index (χ1) is 12.4. The van der Waals surface area contributed by atoms with Crippen LogP contribution in [0.1, 0.15) is 40.2 Å². The van der Waals surface area contributed by atoms with E-state index >= 15 is 0 Å². The second-order valence-electron chi connectivity index (χ2n) is 5.91. The number of ether oxygens (including phenoxy) is 1. The summed E-state index contributed by atoms with van der Waals surface area (Å²) >= 11 is 1.51. The van der Waals surface area contributed by atoms with Gasteiger partial charge in [0.1, 0.15) is 0 Å². The van der Waals surface area contributed by atoms with Gasteiger partial charge in [-0.15, -0.1) is 11.3 Å². The van der Waals surface area contributed by atoms with Crippen molar-refractivity contribution in [2.75, 3.05) is 14.2 Å². The van der Waals surface area contributed by atoms with E-state index in [0.717, 1.165) is 10.4 Å². The Morgan fingerprint density at radius 2 is 1.88 bits per heavy atom. The molecule has 0 bridgehead atoms. The van der Waals surface area contributed by atoms with Gasteiger partial charge in [0.2, 0.25) is 11.8 Å². The zero-order valence-electron chi connectivity index (χ0n) is 15.0. The summed E-state index contributed by atoms with van der Waals surface area (Å²) in [6.07, 6.45) is 0.191. The van der Waals surface area contributed by atoms with Gasteiger partial charge in [-0.05, 0) is 29.1 Å². The highest BCUT2D eigenvalue weighted by molar-refractivity contribution is 7.10. The van der Waals surface area contributed by atoms with Gasteiger partial charge in [0.25, 0.3) is 0 Å². The number of carbonyl (C=O) groups is 3. The van der Waals surface area contributed by atoms with Crippen LogP contribution in [0.15, 0.2) is 41.8 Å². The molecule has 0 spiro atoms. The van der Waals surface area contributed by atoms with Crippen LogP contribution in [-0.4, -0.2) is 36.8 Å². The lowest BCUT2D eigenvalue weighted by molar-refractivity contribution is -0.131. The van der Waals surface area contributed by atoms with Crippen LogP contribution >= 0.6 is 11.3 Å². The molecule has 1 heterocycles. The summed E-state index contributed by atoms with van der Waals surface area (Å²) in [5.41, 5.74) is 1.37. The topological polar surface area (TPSA) is 75.7 Å². The van der Waals surface area contributed by atoms with Gasteiger partial charge in [-0.25, -0.2) is 4.79 Å². The minimum atomic E-state index is -0.393. The molecule has 1 aromatic carbocycles.